The minimum atomic E-state index is -1.10. The Morgan fingerprint density at radius 3 is 2.60 bits per heavy atom. The van der Waals surface area contributed by atoms with E-state index in [0.29, 0.717) is 18.1 Å². The van der Waals surface area contributed by atoms with Crippen molar-refractivity contribution >= 4 is 62.0 Å². The molecule has 0 aliphatic carbocycles. The number of carbonyl (C=O) groups excluding carboxylic acids is 2. The van der Waals surface area contributed by atoms with Crippen LogP contribution in [0.1, 0.15) is 42.0 Å². The molecular formula is C35H38BrClN4O3S. The second-order valence-corrected chi connectivity index (χ2v) is 14.6. The Morgan fingerprint density at radius 1 is 1.09 bits per heavy atom. The first kappa shape index (κ1) is 32.1. The van der Waals surface area contributed by atoms with Crippen molar-refractivity contribution in [2.24, 2.45) is 0 Å². The number of unbranched alkanes of at least 4 members (excludes halogenated alkanes) is 1. The van der Waals surface area contributed by atoms with Crippen molar-refractivity contribution < 1.29 is 14.3 Å². The lowest BCUT2D eigenvalue weighted by atomic mass is 9.91. The average Bonchev–Trinajstić information content (AvgIpc) is 3.57. The number of halogens is 2. The van der Waals surface area contributed by atoms with Crippen molar-refractivity contribution in [2.75, 3.05) is 39.4 Å². The Morgan fingerprint density at radius 2 is 1.84 bits per heavy atom. The lowest BCUT2D eigenvalue weighted by Gasteiger charge is -2.36. The molecule has 1 aromatic heterocycles. The van der Waals surface area contributed by atoms with Crippen molar-refractivity contribution in [3.8, 4) is 0 Å². The van der Waals surface area contributed by atoms with Crippen LogP contribution in [0.25, 0.3) is 10.9 Å². The number of hydrogen-bond acceptors (Lipinski definition) is 5. The topological polar surface area (TPSA) is 77.7 Å². The predicted molar refractivity (Wildman–Crippen MR) is 185 cm³/mol. The third-order valence-corrected chi connectivity index (χ3v) is 10.9. The molecule has 3 heterocycles. The van der Waals surface area contributed by atoms with Gasteiger partial charge in [0.05, 0.1) is 25.7 Å². The smallest absolute Gasteiger partial charge is 0.239 e. The number of benzene rings is 3. The van der Waals surface area contributed by atoms with Crippen LogP contribution in [0.15, 0.2) is 82.3 Å². The van der Waals surface area contributed by atoms with Gasteiger partial charge in [0.25, 0.3) is 0 Å². The molecule has 0 unspecified atom stereocenters. The number of nitrogens with one attached hydrogen (secondary N) is 2. The number of likely N-dealkylation sites (tertiary alicyclic amines) is 1. The van der Waals surface area contributed by atoms with E-state index in [1.807, 2.05) is 72.6 Å². The zero-order chi connectivity index (χ0) is 31.4. The van der Waals surface area contributed by atoms with E-state index in [4.69, 9.17) is 16.3 Å². The van der Waals surface area contributed by atoms with Gasteiger partial charge in [-0.05, 0) is 68.3 Å². The molecule has 236 valence electrons. The molecule has 2 N–H and O–H groups in total. The van der Waals surface area contributed by atoms with E-state index in [-0.39, 0.29) is 18.2 Å². The molecule has 2 fully saturated rings. The molecule has 2 atom stereocenters. The second kappa shape index (κ2) is 14.3. The Balaban J connectivity index is 1.35. The number of aryl methyl sites for hydroxylation is 1. The summed E-state index contributed by atoms with van der Waals surface area (Å²) < 4.78 is 5.35. The van der Waals surface area contributed by atoms with Gasteiger partial charge in [-0.25, -0.2) is 0 Å². The van der Waals surface area contributed by atoms with E-state index < -0.39 is 10.8 Å². The molecule has 4 aromatic rings. The molecule has 2 saturated heterocycles. The molecule has 45 heavy (non-hydrogen) atoms. The molecule has 2 aliphatic heterocycles. The third-order valence-electron chi connectivity index (χ3n) is 8.72. The fourth-order valence-electron chi connectivity index (χ4n) is 6.35. The SMILES string of the molecule is Cc1ccc(S[C@@]2(C(=O)NCCCCN3CCOCC3)CC(=O)N(Cc3ccc(Br)cc3)[C@H]2c2c[nH]c3cc(Cl)ccc23)cc1. The van der Waals surface area contributed by atoms with E-state index in [1.165, 1.54) is 11.8 Å². The molecule has 0 bridgehead atoms. The van der Waals surface area contributed by atoms with Crippen LogP contribution in [0.5, 0.6) is 0 Å². The van der Waals surface area contributed by atoms with Crippen molar-refractivity contribution in [3.63, 3.8) is 0 Å². The van der Waals surface area contributed by atoms with Gasteiger partial charge < -0.3 is 19.9 Å². The first-order valence-electron chi connectivity index (χ1n) is 15.5. The maximum atomic E-state index is 14.6. The number of rotatable bonds is 11. The molecule has 2 amide bonds. The van der Waals surface area contributed by atoms with Crippen molar-refractivity contribution in [1.82, 2.24) is 20.1 Å². The van der Waals surface area contributed by atoms with Crippen LogP contribution in [0.2, 0.25) is 5.02 Å². The molecule has 0 saturated carbocycles. The van der Waals surface area contributed by atoms with Gasteiger partial charge in [-0.2, -0.15) is 0 Å². The zero-order valence-corrected chi connectivity index (χ0v) is 28.5. The minimum absolute atomic E-state index is 0.0479. The van der Waals surface area contributed by atoms with Gasteiger partial charge in [0.1, 0.15) is 4.75 Å². The summed E-state index contributed by atoms with van der Waals surface area (Å²) in [6, 6.07) is 21.4. The molecule has 10 heteroatoms. The number of carbonyl (C=O) groups is 2. The minimum Gasteiger partial charge on any atom is -0.379 e. The summed E-state index contributed by atoms with van der Waals surface area (Å²) in [4.78, 5) is 37.4. The van der Waals surface area contributed by atoms with Gasteiger partial charge in [0.2, 0.25) is 11.8 Å². The fraction of sp³-hybridized carbons (Fsp3) is 0.371. The molecule has 0 radical (unpaired) electrons. The molecule has 2 aliphatic rings. The van der Waals surface area contributed by atoms with E-state index >= 15 is 0 Å². The predicted octanol–water partition coefficient (Wildman–Crippen LogP) is 7.13. The molecule has 3 aromatic carbocycles. The number of hydrogen-bond donors (Lipinski definition) is 2. The van der Waals surface area contributed by atoms with E-state index in [2.05, 4.69) is 43.3 Å². The van der Waals surface area contributed by atoms with Gasteiger partial charge in [-0.1, -0.05) is 63.4 Å². The Kier molecular flexibility index (Phi) is 10.2. The number of H-pyrrole nitrogens is 1. The number of amides is 2. The van der Waals surface area contributed by atoms with Crippen molar-refractivity contribution in [2.45, 2.75) is 48.4 Å². The maximum absolute atomic E-state index is 14.6. The van der Waals surface area contributed by atoms with E-state index in [0.717, 1.165) is 82.7 Å². The number of fused-ring (bicyclic) bond motifs is 1. The monoisotopic (exact) mass is 708 g/mol. The highest BCUT2D eigenvalue weighted by Crippen LogP contribution is 2.54. The fourth-order valence-corrected chi connectivity index (χ4v) is 8.20. The van der Waals surface area contributed by atoms with Crippen LogP contribution < -0.4 is 5.32 Å². The molecule has 6 rings (SSSR count). The zero-order valence-electron chi connectivity index (χ0n) is 25.4. The normalized spacial score (nSPS) is 20.6. The summed E-state index contributed by atoms with van der Waals surface area (Å²) in [5.41, 5.74) is 3.92. The highest BCUT2D eigenvalue weighted by atomic mass is 79.9. The van der Waals surface area contributed by atoms with Gasteiger partial charge in [-0.15, -0.1) is 11.8 Å². The number of aromatic nitrogens is 1. The van der Waals surface area contributed by atoms with Crippen LogP contribution in [0.4, 0.5) is 0 Å². The van der Waals surface area contributed by atoms with Crippen LogP contribution in [0, 0.1) is 6.92 Å². The third kappa shape index (κ3) is 7.28. The first-order valence-corrected chi connectivity index (χ1v) is 17.5. The Bertz CT molecular complexity index is 1640. The quantitative estimate of drug-likeness (QED) is 0.162. The van der Waals surface area contributed by atoms with Crippen molar-refractivity contribution in [3.05, 3.63) is 99.1 Å². The van der Waals surface area contributed by atoms with Gasteiger partial charge >= 0.3 is 0 Å². The highest BCUT2D eigenvalue weighted by Gasteiger charge is 2.58. The Hall–Kier alpha value is -2.82. The molecule has 0 spiro atoms. The summed E-state index contributed by atoms with van der Waals surface area (Å²) in [6.07, 6.45) is 3.88. The van der Waals surface area contributed by atoms with Crippen LogP contribution in [-0.4, -0.2) is 70.7 Å². The van der Waals surface area contributed by atoms with Crippen LogP contribution in [-0.2, 0) is 20.9 Å². The summed E-state index contributed by atoms with van der Waals surface area (Å²) in [7, 11) is 0. The first-order chi connectivity index (χ1) is 21.8. The molecular weight excluding hydrogens is 672 g/mol. The summed E-state index contributed by atoms with van der Waals surface area (Å²) >= 11 is 11.4. The largest absolute Gasteiger partial charge is 0.379 e. The lowest BCUT2D eigenvalue weighted by molar-refractivity contribution is -0.129. The molecule has 7 nitrogen and oxygen atoms in total. The van der Waals surface area contributed by atoms with E-state index in [1.54, 1.807) is 0 Å². The Labute approximate surface area is 282 Å². The summed E-state index contributed by atoms with van der Waals surface area (Å²) in [5.74, 6) is -0.160. The summed E-state index contributed by atoms with van der Waals surface area (Å²) in [6.45, 7) is 7.45. The van der Waals surface area contributed by atoms with Gasteiger partial charge in [0.15, 0.2) is 0 Å². The van der Waals surface area contributed by atoms with Gasteiger partial charge in [0, 0.05) is 63.2 Å². The highest BCUT2D eigenvalue weighted by molar-refractivity contribution is 9.10. The van der Waals surface area contributed by atoms with Crippen LogP contribution in [0.3, 0.4) is 0 Å². The van der Waals surface area contributed by atoms with Crippen LogP contribution >= 0.6 is 39.3 Å². The number of ether oxygens (including phenoxy) is 1. The standard InChI is InChI=1S/C35H38BrClN4O3S/c1-24-4-11-28(12-5-24)45-35(34(43)38-14-2-3-15-40-16-18-44-19-17-40)21-32(42)41(23-25-6-8-26(36)9-7-25)33(35)30-22-39-31-20-27(37)10-13-29(30)31/h4-13,20,22,33,39H,2-3,14-19,21,23H2,1H3,(H,38,43)/t33-,35-/m0/s1. The number of nitrogens with zero attached hydrogens (tertiary/aromatic N) is 2. The number of thioether (sulfide) groups is 1. The van der Waals surface area contributed by atoms with Crippen molar-refractivity contribution in [1.29, 1.82) is 0 Å². The van der Waals surface area contributed by atoms with E-state index in [9.17, 15) is 9.59 Å². The van der Waals surface area contributed by atoms with Gasteiger partial charge in [-0.3, -0.25) is 14.5 Å². The second-order valence-electron chi connectivity index (χ2n) is 11.9. The number of aromatic amines is 1. The maximum Gasteiger partial charge on any atom is 0.239 e. The average molecular weight is 710 g/mol. The lowest BCUT2D eigenvalue weighted by Crippen LogP contribution is -2.48. The number of morpholine rings is 1. The summed E-state index contributed by atoms with van der Waals surface area (Å²) in [5, 5.41) is 4.85.